The number of hydrogen-bond acceptors (Lipinski definition) is 6. The van der Waals surface area contributed by atoms with E-state index in [2.05, 4.69) is 43.1 Å². The number of ether oxygens (including phenoxy) is 2. The number of aryl methyl sites for hydroxylation is 1. The van der Waals surface area contributed by atoms with Crippen LogP contribution in [0.3, 0.4) is 0 Å². The van der Waals surface area contributed by atoms with Crippen LogP contribution in [0.4, 0.5) is 5.69 Å². The Morgan fingerprint density at radius 1 is 1.10 bits per heavy atom. The Balaban J connectivity index is 1.38. The highest BCUT2D eigenvalue weighted by Gasteiger charge is 2.42. The Morgan fingerprint density at radius 2 is 1.90 bits per heavy atom. The van der Waals surface area contributed by atoms with Gasteiger partial charge in [0, 0.05) is 18.4 Å². The molecule has 0 radical (unpaired) electrons. The van der Waals surface area contributed by atoms with Gasteiger partial charge in [0.15, 0.2) is 0 Å². The third kappa shape index (κ3) is 6.06. The van der Waals surface area contributed by atoms with Crippen molar-refractivity contribution in [1.29, 1.82) is 0 Å². The summed E-state index contributed by atoms with van der Waals surface area (Å²) in [7, 11) is 3.34. The van der Waals surface area contributed by atoms with Gasteiger partial charge in [-0.05, 0) is 91.7 Å². The smallest absolute Gasteiger partial charge is 0.273 e. The van der Waals surface area contributed by atoms with Crippen LogP contribution in [0.1, 0.15) is 75.3 Å². The SMILES string of the molecule is COc1ncc(-c2cccc(N(CC3CCC(c4ccc(OC)c(C)c4)C(C)C3)C(=O)C3(O)CCCCC3)c2)s1. The maximum Gasteiger partial charge on any atom is 0.273 e. The van der Waals surface area contributed by atoms with Crippen LogP contribution in [0, 0.1) is 18.8 Å². The third-order valence-electron chi connectivity index (χ3n) is 8.99. The summed E-state index contributed by atoms with van der Waals surface area (Å²) in [5, 5.41) is 12.1. The molecule has 2 aliphatic rings. The molecule has 6 nitrogen and oxygen atoms in total. The van der Waals surface area contributed by atoms with Gasteiger partial charge in [0.05, 0.1) is 19.1 Å². The van der Waals surface area contributed by atoms with Crippen LogP contribution < -0.4 is 14.4 Å². The molecule has 3 atom stereocenters. The van der Waals surface area contributed by atoms with Crippen molar-refractivity contribution in [3.8, 4) is 21.4 Å². The monoisotopic (exact) mass is 562 g/mol. The van der Waals surface area contributed by atoms with Crippen LogP contribution in [0.25, 0.3) is 10.4 Å². The van der Waals surface area contributed by atoms with E-state index >= 15 is 0 Å². The number of thiazole rings is 1. The summed E-state index contributed by atoms with van der Waals surface area (Å²) in [5.41, 5.74) is 3.10. The van der Waals surface area contributed by atoms with E-state index in [-0.39, 0.29) is 5.91 Å². The average Bonchev–Trinajstić information content (AvgIpc) is 3.46. The quantitative estimate of drug-likeness (QED) is 0.310. The lowest BCUT2D eigenvalue weighted by Gasteiger charge is -2.40. The maximum atomic E-state index is 14.1. The lowest BCUT2D eigenvalue weighted by molar-refractivity contribution is -0.140. The Morgan fingerprint density at radius 3 is 2.58 bits per heavy atom. The fourth-order valence-corrected chi connectivity index (χ4v) is 7.51. The molecule has 0 bridgehead atoms. The Bertz CT molecular complexity index is 1320. The molecule has 0 spiro atoms. The molecule has 2 aromatic carbocycles. The molecular formula is C33H42N2O4S. The average molecular weight is 563 g/mol. The van der Waals surface area contributed by atoms with Gasteiger partial charge in [-0.1, -0.05) is 61.8 Å². The Hall–Kier alpha value is -2.90. The van der Waals surface area contributed by atoms with Crippen molar-refractivity contribution in [3.05, 3.63) is 59.8 Å². The first-order valence-electron chi connectivity index (χ1n) is 14.6. The van der Waals surface area contributed by atoms with Crippen LogP contribution in [0.5, 0.6) is 10.9 Å². The van der Waals surface area contributed by atoms with Crippen molar-refractivity contribution in [3.63, 3.8) is 0 Å². The van der Waals surface area contributed by atoms with Gasteiger partial charge in [-0.3, -0.25) is 4.79 Å². The van der Waals surface area contributed by atoms with E-state index in [0.717, 1.165) is 60.4 Å². The van der Waals surface area contributed by atoms with Gasteiger partial charge >= 0.3 is 0 Å². The standard InChI is InChI=1S/C33H42N2O4S/c1-22-17-24(11-13-28(22)25-12-14-29(38-3)23(2)18-25)21-35(31(36)33(37)15-6-5-7-16-33)27-10-8-9-26(19-27)30-20-34-32(39-4)40-30/h8-10,12,14,18-20,22,24,28,37H,5-7,11,13,15-17,21H2,1-4H3. The number of anilines is 1. The molecule has 7 heteroatoms. The van der Waals surface area contributed by atoms with E-state index in [1.807, 2.05) is 29.3 Å². The van der Waals surface area contributed by atoms with Gasteiger partial charge in [-0.25, -0.2) is 4.98 Å². The molecule has 3 unspecified atom stereocenters. The minimum absolute atomic E-state index is 0.146. The Labute approximate surface area is 242 Å². The van der Waals surface area contributed by atoms with Gasteiger partial charge in [-0.15, -0.1) is 0 Å². The summed E-state index contributed by atoms with van der Waals surface area (Å²) in [6, 6.07) is 14.7. The van der Waals surface area contributed by atoms with E-state index in [4.69, 9.17) is 9.47 Å². The van der Waals surface area contributed by atoms with Gasteiger partial charge in [0.1, 0.15) is 11.4 Å². The second-order valence-corrected chi connectivity index (χ2v) is 12.7. The number of methoxy groups -OCH3 is 2. The molecule has 40 heavy (non-hydrogen) atoms. The van der Waals surface area contributed by atoms with Crippen molar-refractivity contribution >= 4 is 22.9 Å². The molecular weight excluding hydrogens is 520 g/mol. The molecule has 2 fully saturated rings. The second kappa shape index (κ2) is 12.3. The maximum absolute atomic E-state index is 14.1. The molecule has 1 N–H and O–H groups in total. The summed E-state index contributed by atoms with van der Waals surface area (Å²) in [5.74, 6) is 2.15. The van der Waals surface area contributed by atoms with Gasteiger partial charge in [0.2, 0.25) is 0 Å². The molecule has 0 saturated heterocycles. The van der Waals surface area contributed by atoms with Gasteiger partial charge in [-0.2, -0.15) is 0 Å². The first kappa shape index (κ1) is 28.6. The summed E-state index contributed by atoms with van der Waals surface area (Å²) in [6.07, 6.45) is 8.92. The number of aliphatic hydroxyl groups is 1. The van der Waals surface area contributed by atoms with Crippen LogP contribution in [-0.4, -0.2) is 42.4 Å². The number of carbonyl (C=O) groups is 1. The number of carbonyl (C=O) groups excluding carboxylic acids is 1. The third-order valence-corrected chi connectivity index (χ3v) is 10.00. The lowest BCUT2D eigenvalue weighted by Crippen LogP contribution is -2.52. The van der Waals surface area contributed by atoms with Crippen molar-refractivity contribution in [2.24, 2.45) is 11.8 Å². The fraction of sp³-hybridized carbons (Fsp3) is 0.515. The minimum Gasteiger partial charge on any atom is -0.496 e. The zero-order valence-electron chi connectivity index (χ0n) is 24.2. The van der Waals surface area contributed by atoms with Crippen LogP contribution >= 0.6 is 11.3 Å². The molecule has 0 aliphatic heterocycles. The molecule has 1 aromatic heterocycles. The zero-order chi connectivity index (χ0) is 28.3. The van der Waals surface area contributed by atoms with Crippen molar-refractivity contribution in [2.45, 2.75) is 76.7 Å². The van der Waals surface area contributed by atoms with E-state index in [9.17, 15) is 9.90 Å². The second-order valence-electron chi connectivity index (χ2n) is 11.7. The largest absolute Gasteiger partial charge is 0.496 e. The van der Waals surface area contributed by atoms with E-state index < -0.39 is 5.60 Å². The number of amides is 1. The summed E-state index contributed by atoms with van der Waals surface area (Å²) >= 11 is 1.49. The highest BCUT2D eigenvalue weighted by atomic mass is 32.1. The van der Waals surface area contributed by atoms with E-state index in [1.54, 1.807) is 14.2 Å². The van der Waals surface area contributed by atoms with Crippen molar-refractivity contribution < 1.29 is 19.4 Å². The highest BCUT2D eigenvalue weighted by Crippen LogP contribution is 2.43. The zero-order valence-corrected chi connectivity index (χ0v) is 25.0. The van der Waals surface area contributed by atoms with Gasteiger partial charge < -0.3 is 19.5 Å². The summed E-state index contributed by atoms with van der Waals surface area (Å²) < 4.78 is 10.8. The first-order valence-corrected chi connectivity index (χ1v) is 15.4. The number of benzene rings is 2. The van der Waals surface area contributed by atoms with E-state index in [1.165, 1.54) is 22.5 Å². The van der Waals surface area contributed by atoms with E-state index in [0.29, 0.717) is 42.3 Å². The molecule has 1 amide bonds. The minimum atomic E-state index is -1.29. The van der Waals surface area contributed by atoms with Crippen LogP contribution in [0.2, 0.25) is 0 Å². The van der Waals surface area contributed by atoms with Crippen LogP contribution in [0.15, 0.2) is 48.7 Å². The predicted molar refractivity (Wildman–Crippen MR) is 161 cm³/mol. The number of rotatable bonds is 8. The van der Waals surface area contributed by atoms with Crippen molar-refractivity contribution in [2.75, 3.05) is 25.7 Å². The first-order chi connectivity index (χ1) is 19.3. The summed E-state index contributed by atoms with van der Waals surface area (Å²) in [4.78, 5) is 21.3. The normalized spacial score (nSPS) is 22.5. The highest BCUT2D eigenvalue weighted by molar-refractivity contribution is 7.16. The molecule has 5 rings (SSSR count). The topological polar surface area (TPSA) is 71.9 Å². The fourth-order valence-electron chi connectivity index (χ4n) is 6.78. The number of aromatic nitrogens is 1. The van der Waals surface area contributed by atoms with Crippen LogP contribution in [-0.2, 0) is 4.79 Å². The molecule has 2 saturated carbocycles. The molecule has 1 heterocycles. The predicted octanol–water partition coefficient (Wildman–Crippen LogP) is 7.38. The lowest BCUT2D eigenvalue weighted by atomic mass is 9.71. The molecule has 2 aliphatic carbocycles. The Kier molecular flexibility index (Phi) is 8.81. The van der Waals surface area contributed by atoms with Crippen molar-refractivity contribution in [1.82, 2.24) is 4.98 Å². The van der Waals surface area contributed by atoms with Gasteiger partial charge in [0.25, 0.3) is 11.1 Å². The summed E-state index contributed by atoms with van der Waals surface area (Å²) in [6.45, 7) is 5.07. The number of nitrogens with zero attached hydrogens (tertiary/aromatic N) is 2. The molecule has 3 aromatic rings. The molecule has 214 valence electrons. The number of hydrogen-bond donors (Lipinski definition) is 1.